The molecule has 0 amide bonds. The van der Waals surface area contributed by atoms with E-state index in [1.807, 2.05) is 0 Å². The van der Waals surface area contributed by atoms with Gasteiger partial charge in [-0.15, -0.1) is 0 Å². The predicted molar refractivity (Wildman–Crippen MR) is 116 cm³/mol. The van der Waals surface area contributed by atoms with Crippen molar-refractivity contribution in [1.29, 1.82) is 0 Å². The number of halogens is 5. The Hall–Kier alpha value is -1.19. The maximum atomic E-state index is 12.5. The molecule has 27 heavy (non-hydrogen) atoms. The maximum absolute atomic E-state index is 12.5. The van der Waals surface area contributed by atoms with Gasteiger partial charge in [-0.3, -0.25) is 4.57 Å². The quantitative estimate of drug-likeness (QED) is 0.261. The Morgan fingerprint density at radius 2 is 1.85 bits per heavy atom. The van der Waals surface area contributed by atoms with Crippen molar-refractivity contribution in [2.45, 2.75) is 0 Å². The van der Waals surface area contributed by atoms with Crippen LogP contribution >= 0.6 is 71.0 Å². The zero-order valence-corrected chi connectivity index (χ0v) is 19.3. The van der Waals surface area contributed by atoms with Gasteiger partial charge in [0.05, 0.1) is 20.4 Å². The van der Waals surface area contributed by atoms with Crippen LogP contribution in [0.3, 0.4) is 0 Å². The van der Waals surface area contributed by atoms with E-state index >= 15 is 0 Å². The molecule has 0 saturated heterocycles. The summed E-state index contributed by atoms with van der Waals surface area (Å²) in [5.74, 6) is 0.481. The molecule has 1 aromatic carbocycles. The fourth-order valence-corrected chi connectivity index (χ4v) is 4.71. The van der Waals surface area contributed by atoms with Crippen LogP contribution < -0.4 is 5.63 Å². The first-order chi connectivity index (χ1) is 12.9. The van der Waals surface area contributed by atoms with E-state index in [1.54, 1.807) is 41.1 Å². The van der Waals surface area contributed by atoms with Crippen molar-refractivity contribution in [3.8, 4) is 17.4 Å². The minimum Gasteiger partial charge on any atom is -0.401 e. The first-order valence-electron chi connectivity index (χ1n) is 7.34. The molecule has 4 rings (SSSR count). The molecule has 0 aliphatic carbocycles. The number of fused-ring (bicyclic) bond motifs is 1. The number of benzene rings is 1. The first kappa shape index (κ1) is 19.1. The van der Waals surface area contributed by atoms with Crippen molar-refractivity contribution in [3.05, 3.63) is 70.5 Å². The van der Waals surface area contributed by atoms with Gasteiger partial charge in [0.25, 0.3) is 0 Å². The van der Waals surface area contributed by atoms with Crippen LogP contribution in [0, 0.1) is 0 Å². The fraction of sp³-hybridized carbons (Fsp3) is 0. The zero-order valence-electron chi connectivity index (χ0n) is 13.0. The number of hydrogen-bond donors (Lipinski definition) is 0. The molecule has 0 N–H and O–H groups in total. The van der Waals surface area contributed by atoms with Gasteiger partial charge in [-0.25, -0.2) is 14.8 Å². The SMILES string of the molecule is O=c1oc(-c2cc(Br)c(Cl)n2-c2ncccc2Cl)nc2c(Br)cc(Br)cc12. The summed E-state index contributed by atoms with van der Waals surface area (Å²) in [6, 6.07) is 8.55. The lowest BCUT2D eigenvalue weighted by molar-refractivity contribution is 0.514. The highest BCUT2D eigenvalue weighted by molar-refractivity contribution is 9.11. The highest BCUT2D eigenvalue weighted by Gasteiger charge is 2.22. The van der Waals surface area contributed by atoms with Crippen molar-refractivity contribution < 1.29 is 4.42 Å². The molecule has 4 aromatic rings. The van der Waals surface area contributed by atoms with Crippen LogP contribution in [0.1, 0.15) is 0 Å². The number of pyridine rings is 1. The third-order valence-corrected chi connectivity index (χ3v) is 6.28. The van der Waals surface area contributed by atoms with Gasteiger partial charge in [0.15, 0.2) is 5.82 Å². The Kier molecular flexibility index (Phi) is 5.20. The average molecular weight is 595 g/mol. The topological polar surface area (TPSA) is 60.9 Å². The molecule has 10 heteroatoms. The van der Waals surface area contributed by atoms with Crippen molar-refractivity contribution in [2.24, 2.45) is 0 Å². The normalized spacial score (nSPS) is 11.3. The van der Waals surface area contributed by atoms with Crippen LogP contribution in [0.2, 0.25) is 10.2 Å². The summed E-state index contributed by atoms with van der Waals surface area (Å²) in [7, 11) is 0. The minimum atomic E-state index is -0.524. The fourth-order valence-electron chi connectivity index (χ4n) is 2.57. The summed E-state index contributed by atoms with van der Waals surface area (Å²) < 4.78 is 9.02. The number of nitrogens with zero attached hydrogens (tertiary/aromatic N) is 3. The van der Waals surface area contributed by atoms with E-state index in [0.717, 1.165) is 4.47 Å². The standard InChI is InChI=1S/C17H6Br3Cl2N3O2/c18-7-4-8-13(9(19)5-7)24-16(27-17(8)26)12-6-10(20)14(22)25(12)15-11(21)2-1-3-23-15/h1-6H. The molecule has 0 atom stereocenters. The highest BCUT2D eigenvalue weighted by Crippen LogP contribution is 2.37. The van der Waals surface area contributed by atoms with Gasteiger partial charge < -0.3 is 4.42 Å². The van der Waals surface area contributed by atoms with E-state index < -0.39 is 5.63 Å². The van der Waals surface area contributed by atoms with Gasteiger partial charge in [-0.1, -0.05) is 39.1 Å². The van der Waals surface area contributed by atoms with Crippen molar-refractivity contribution >= 4 is 81.9 Å². The maximum Gasteiger partial charge on any atom is 0.347 e. The average Bonchev–Trinajstić information content (AvgIpc) is 2.91. The van der Waals surface area contributed by atoms with Crippen molar-refractivity contribution in [1.82, 2.24) is 14.5 Å². The molecule has 0 fully saturated rings. The molecule has 0 radical (unpaired) electrons. The number of aromatic nitrogens is 3. The largest absolute Gasteiger partial charge is 0.401 e. The minimum absolute atomic E-state index is 0.0878. The lowest BCUT2D eigenvalue weighted by atomic mass is 10.2. The Bertz CT molecular complexity index is 1270. The smallest absolute Gasteiger partial charge is 0.347 e. The van der Waals surface area contributed by atoms with Gasteiger partial charge in [0, 0.05) is 15.1 Å². The van der Waals surface area contributed by atoms with Gasteiger partial charge in [0.2, 0.25) is 5.89 Å². The van der Waals surface area contributed by atoms with E-state index in [0.29, 0.717) is 41.5 Å². The van der Waals surface area contributed by atoms with E-state index in [-0.39, 0.29) is 5.89 Å². The van der Waals surface area contributed by atoms with Crippen LogP contribution in [-0.2, 0) is 0 Å². The monoisotopic (exact) mass is 591 g/mol. The molecule has 0 bridgehead atoms. The Balaban J connectivity index is 2.05. The second-order valence-corrected chi connectivity index (χ2v) is 8.79. The zero-order chi connectivity index (χ0) is 19.3. The summed E-state index contributed by atoms with van der Waals surface area (Å²) in [5.41, 5.74) is 0.377. The summed E-state index contributed by atoms with van der Waals surface area (Å²) in [6.45, 7) is 0. The second kappa shape index (κ2) is 7.33. The molecule has 5 nitrogen and oxygen atoms in total. The van der Waals surface area contributed by atoms with Gasteiger partial charge in [-0.05, 0) is 62.2 Å². The summed E-state index contributed by atoms with van der Waals surface area (Å²) >= 11 is 22.9. The number of hydrogen-bond acceptors (Lipinski definition) is 4. The lowest BCUT2D eigenvalue weighted by Gasteiger charge is -2.10. The van der Waals surface area contributed by atoms with Crippen molar-refractivity contribution in [3.63, 3.8) is 0 Å². The van der Waals surface area contributed by atoms with E-state index in [4.69, 9.17) is 27.6 Å². The first-order valence-corrected chi connectivity index (χ1v) is 10.5. The molecule has 0 spiro atoms. The summed E-state index contributed by atoms with van der Waals surface area (Å²) in [4.78, 5) is 21.3. The Morgan fingerprint density at radius 3 is 2.59 bits per heavy atom. The Labute approximate surface area is 187 Å². The third-order valence-electron chi connectivity index (χ3n) is 3.72. The lowest BCUT2D eigenvalue weighted by Crippen LogP contribution is -2.07. The van der Waals surface area contributed by atoms with Crippen LogP contribution in [0.15, 0.2) is 59.2 Å². The summed E-state index contributed by atoms with van der Waals surface area (Å²) in [6.07, 6.45) is 1.59. The molecular formula is C17H6Br3Cl2N3O2. The molecule has 0 aliphatic heterocycles. The third kappa shape index (κ3) is 3.38. The van der Waals surface area contributed by atoms with Gasteiger partial charge in [-0.2, -0.15) is 0 Å². The molecule has 136 valence electrons. The second-order valence-electron chi connectivity index (χ2n) is 5.40. The number of rotatable bonds is 2. The molecule has 3 heterocycles. The van der Waals surface area contributed by atoms with Gasteiger partial charge in [0.1, 0.15) is 10.8 Å². The van der Waals surface area contributed by atoms with E-state index in [1.165, 1.54) is 0 Å². The van der Waals surface area contributed by atoms with Crippen molar-refractivity contribution in [2.75, 3.05) is 0 Å². The van der Waals surface area contributed by atoms with Crippen LogP contribution in [0.5, 0.6) is 0 Å². The van der Waals surface area contributed by atoms with Crippen LogP contribution in [0.4, 0.5) is 0 Å². The van der Waals surface area contributed by atoms with E-state index in [9.17, 15) is 4.79 Å². The van der Waals surface area contributed by atoms with Crippen LogP contribution in [0.25, 0.3) is 28.3 Å². The molecule has 3 aromatic heterocycles. The molecule has 0 saturated carbocycles. The summed E-state index contributed by atoms with van der Waals surface area (Å²) in [5, 5.41) is 1.06. The predicted octanol–water partition coefficient (Wildman–Crippen LogP) is 6.64. The van der Waals surface area contributed by atoms with Crippen LogP contribution in [-0.4, -0.2) is 14.5 Å². The molecule has 0 aliphatic rings. The highest BCUT2D eigenvalue weighted by atomic mass is 79.9. The molecule has 0 unspecified atom stereocenters. The van der Waals surface area contributed by atoms with Gasteiger partial charge >= 0.3 is 5.63 Å². The Morgan fingerprint density at radius 1 is 1.07 bits per heavy atom. The molecular weight excluding hydrogens is 589 g/mol. The van der Waals surface area contributed by atoms with E-state index in [2.05, 4.69) is 57.8 Å².